The van der Waals surface area contributed by atoms with Crippen LogP contribution in [0.15, 0.2) is 35.5 Å². The van der Waals surface area contributed by atoms with Crippen LogP contribution in [0.2, 0.25) is 0 Å². The molecule has 1 saturated carbocycles. The number of amides is 1. The zero-order valence-electron chi connectivity index (χ0n) is 22.6. The highest BCUT2D eigenvalue weighted by Crippen LogP contribution is 2.40. The van der Waals surface area contributed by atoms with Crippen LogP contribution in [-0.2, 0) is 18.8 Å². The molecule has 194 valence electrons. The fourth-order valence-electron chi connectivity index (χ4n) is 5.37. The smallest absolute Gasteiger partial charge is 0.453 e. The summed E-state index contributed by atoms with van der Waals surface area (Å²) in [5.74, 6) is 0.0446. The van der Waals surface area contributed by atoms with E-state index in [4.69, 9.17) is 19.0 Å². The summed E-state index contributed by atoms with van der Waals surface area (Å²) in [5, 5.41) is 2.74. The quantitative estimate of drug-likeness (QED) is 0.563. The van der Waals surface area contributed by atoms with Crippen LogP contribution in [0.5, 0.6) is 0 Å². The van der Waals surface area contributed by atoms with Crippen LogP contribution < -0.4 is 10.8 Å². The number of Topliss-reactive ketones (excluding diaryl/α,β-unsaturated/α-hetero) is 1. The third kappa shape index (κ3) is 5.16. The van der Waals surface area contributed by atoms with E-state index >= 15 is 0 Å². The summed E-state index contributed by atoms with van der Waals surface area (Å²) in [5.41, 5.74) is 3.58. The number of benzene rings is 1. The minimum absolute atomic E-state index is 0.0143. The van der Waals surface area contributed by atoms with Gasteiger partial charge in [0.05, 0.1) is 24.4 Å². The van der Waals surface area contributed by atoms with Gasteiger partial charge in [-0.15, -0.1) is 0 Å². The van der Waals surface area contributed by atoms with E-state index in [0.29, 0.717) is 0 Å². The zero-order valence-corrected chi connectivity index (χ0v) is 22.6. The molecule has 2 aliphatic heterocycles. The Bertz CT molecular complexity index is 1040. The molecule has 3 aliphatic rings. The molecule has 2 heterocycles. The molecule has 2 fully saturated rings. The Morgan fingerprint density at radius 2 is 1.72 bits per heavy atom. The van der Waals surface area contributed by atoms with Crippen LogP contribution in [0.25, 0.3) is 5.57 Å². The van der Waals surface area contributed by atoms with Crippen molar-refractivity contribution in [2.24, 2.45) is 22.7 Å². The molecule has 0 aromatic heterocycles. The van der Waals surface area contributed by atoms with Gasteiger partial charge in [0.15, 0.2) is 5.78 Å². The Morgan fingerprint density at radius 3 is 2.31 bits per heavy atom. The van der Waals surface area contributed by atoms with E-state index in [2.05, 4.69) is 57.3 Å². The third-order valence-corrected chi connectivity index (χ3v) is 8.31. The summed E-state index contributed by atoms with van der Waals surface area (Å²) in [7, 11) is 0.934. The normalized spacial score (nSPS) is 25.5. The summed E-state index contributed by atoms with van der Waals surface area (Å²) in [6, 6.07) is 7.75. The minimum Gasteiger partial charge on any atom is -0.453 e. The summed E-state index contributed by atoms with van der Waals surface area (Å²) in [6.45, 7) is 12.1. The highest BCUT2D eigenvalue weighted by atomic mass is 16.7. The lowest BCUT2D eigenvalue weighted by Gasteiger charge is -2.32. The van der Waals surface area contributed by atoms with Gasteiger partial charge >= 0.3 is 13.2 Å². The number of aliphatic imine (C=N–C) groups is 1. The van der Waals surface area contributed by atoms with E-state index < -0.39 is 12.1 Å². The number of carbonyl (C=O) groups is 2. The highest BCUT2D eigenvalue weighted by Gasteiger charge is 2.51. The van der Waals surface area contributed by atoms with E-state index in [-0.39, 0.29) is 41.9 Å². The first-order chi connectivity index (χ1) is 16.9. The van der Waals surface area contributed by atoms with Gasteiger partial charge in [-0.2, -0.15) is 0 Å². The van der Waals surface area contributed by atoms with E-state index in [9.17, 15) is 9.59 Å². The molecule has 0 spiro atoms. The first-order valence-electron chi connectivity index (χ1n) is 13.0. The van der Waals surface area contributed by atoms with Gasteiger partial charge < -0.3 is 19.4 Å². The first-order valence-corrected chi connectivity index (χ1v) is 13.0. The number of alkyl carbamates (subject to hydrolysis) is 1. The molecular weight excluding hydrogens is 455 g/mol. The average molecular weight is 494 g/mol. The summed E-state index contributed by atoms with van der Waals surface area (Å²) >= 11 is 0. The number of ether oxygens (including phenoxy) is 1. The Hall–Kier alpha value is -2.45. The van der Waals surface area contributed by atoms with E-state index in [1.807, 2.05) is 20.0 Å². The van der Waals surface area contributed by atoms with Gasteiger partial charge in [-0.05, 0) is 63.1 Å². The largest absolute Gasteiger partial charge is 0.494 e. The molecule has 1 saturated heterocycles. The Kier molecular flexibility index (Phi) is 7.49. The maximum absolute atomic E-state index is 13.4. The molecule has 8 heteroatoms. The van der Waals surface area contributed by atoms with E-state index in [1.165, 1.54) is 7.11 Å². The number of rotatable bonds is 7. The Labute approximate surface area is 215 Å². The molecule has 1 unspecified atom stereocenters. The van der Waals surface area contributed by atoms with Crippen molar-refractivity contribution in [1.29, 1.82) is 0 Å². The van der Waals surface area contributed by atoms with Gasteiger partial charge in [-0.3, -0.25) is 9.79 Å². The number of ketones is 1. The maximum Gasteiger partial charge on any atom is 0.494 e. The monoisotopic (exact) mass is 494 g/mol. The second-order valence-electron chi connectivity index (χ2n) is 11.6. The van der Waals surface area contributed by atoms with Crippen LogP contribution in [0, 0.1) is 17.8 Å². The van der Waals surface area contributed by atoms with Gasteiger partial charge in [-0.25, -0.2) is 4.79 Å². The van der Waals surface area contributed by atoms with Crippen molar-refractivity contribution in [2.45, 2.75) is 84.5 Å². The molecule has 36 heavy (non-hydrogen) atoms. The number of allylic oxidation sites excluding steroid dienone is 1. The number of hydrogen-bond donors (Lipinski definition) is 1. The van der Waals surface area contributed by atoms with Crippen LogP contribution in [-0.4, -0.2) is 49.1 Å². The number of nitrogens with zero attached hydrogens (tertiary/aromatic N) is 1. The SMILES string of the molecule is COC(=O)N[C@H](C(=O)C1CCC[C@H]1C1=NC=C(c2ccc(B3OC(C)(C)C(C)(C)O3)cc2)C1)C(C)C. The minimum atomic E-state index is -0.567. The first kappa shape index (κ1) is 26.6. The predicted octanol–water partition coefficient (Wildman–Crippen LogP) is 4.54. The molecule has 1 aromatic rings. The van der Waals surface area contributed by atoms with Crippen molar-refractivity contribution < 1.29 is 23.6 Å². The Morgan fingerprint density at radius 1 is 1.08 bits per heavy atom. The number of carbonyl (C=O) groups excluding carboxylic acids is 2. The summed E-state index contributed by atoms with van der Waals surface area (Å²) < 4.78 is 17.1. The van der Waals surface area contributed by atoms with Gasteiger partial charge in [0.1, 0.15) is 0 Å². The van der Waals surface area contributed by atoms with Gasteiger partial charge in [0.25, 0.3) is 0 Å². The topological polar surface area (TPSA) is 86.2 Å². The molecule has 1 aliphatic carbocycles. The molecule has 0 bridgehead atoms. The van der Waals surface area contributed by atoms with Crippen molar-refractivity contribution in [3.05, 3.63) is 36.0 Å². The number of nitrogens with one attached hydrogen (secondary N) is 1. The van der Waals surface area contributed by atoms with Crippen molar-refractivity contribution in [3.8, 4) is 0 Å². The predicted molar refractivity (Wildman–Crippen MR) is 142 cm³/mol. The lowest BCUT2D eigenvalue weighted by molar-refractivity contribution is -0.126. The van der Waals surface area contributed by atoms with Crippen molar-refractivity contribution in [2.75, 3.05) is 7.11 Å². The van der Waals surface area contributed by atoms with Crippen LogP contribution >= 0.6 is 0 Å². The van der Waals surface area contributed by atoms with Gasteiger partial charge in [0, 0.05) is 30.2 Å². The molecule has 7 nitrogen and oxygen atoms in total. The van der Waals surface area contributed by atoms with Gasteiger partial charge in [-0.1, -0.05) is 44.5 Å². The zero-order chi connectivity index (χ0) is 26.3. The molecule has 0 radical (unpaired) electrons. The highest BCUT2D eigenvalue weighted by molar-refractivity contribution is 6.62. The summed E-state index contributed by atoms with van der Waals surface area (Å²) in [6.07, 6.45) is 4.86. The molecule has 1 N–H and O–H groups in total. The van der Waals surface area contributed by atoms with E-state index in [1.54, 1.807) is 0 Å². The lowest BCUT2D eigenvalue weighted by atomic mass is 9.78. The third-order valence-electron chi connectivity index (χ3n) is 8.31. The second kappa shape index (κ2) is 10.1. The molecule has 1 amide bonds. The van der Waals surface area contributed by atoms with Crippen molar-refractivity contribution in [3.63, 3.8) is 0 Å². The standard InChI is InChI=1S/C28H39BN2O5/c1-17(2)24(31-26(33)34-7)25(32)22-10-8-9-21(22)23-15-19(16-30-23)18-11-13-20(14-12-18)29-35-27(3,4)28(5,6)36-29/h11-14,16-17,21-22,24H,8-10,15H2,1-7H3,(H,31,33)/t21-,22?,24+/m1/s1. The molecular formula is C28H39BN2O5. The van der Waals surface area contributed by atoms with E-state index in [0.717, 1.165) is 48.0 Å². The molecule has 1 aromatic carbocycles. The van der Waals surface area contributed by atoms with Crippen LogP contribution in [0.1, 0.15) is 72.8 Å². The molecule has 4 rings (SSSR count). The number of methoxy groups -OCH3 is 1. The average Bonchev–Trinajstić information content (AvgIpc) is 3.54. The fourth-order valence-corrected chi connectivity index (χ4v) is 5.37. The Balaban J connectivity index is 1.41. The second-order valence-corrected chi connectivity index (χ2v) is 11.6. The van der Waals surface area contributed by atoms with Crippen LogP contribution in [0.4, 0.5) is 4.79 Å². The lowest BCUT2D eigenvalue weighted by Crippen LogP contribution is -2.48. The maximum atomic E-state index is 13.4. The van der Waals surface area contributed by atoms with Gasteiger partial charge in [0.2, 0.25) is 0 Å². The molecule has 3 atom stereocenters. The summed E-state index contributed by atoms with van der Waals surface area (Å²) in [4.78, 5) is 30.0. The number of hydrogen-bond acceptors (Lipinski definition) is 6. The van der Waals surface area contributed by atoms with Crippen molar-refractivity contribution in [1.82, 2.24) is 5.32 Å². The van der Waals surface area contributed by atoms with Crippen LogP contribution in [0.3, 0.4) is 0 Å². The van der Waals surface area contributed by atoms with Crippen molar-refractivity contribution >= 4 is 35.7 Å². The fraction of sp³-hybridized carbons (Fsp3) is 0.607.